The smallest absolute Gasteiger partial charge is 0.351 e. The summed E-state index contributed by atoms with van der Waals surface area (Å²) in [6, 6.07) is 6.57. The molecule has 33 heavy (non-hydrogen) atoms. The molecule has 6 nitrogen and oxygen atoms in total. The first-order valence-electron chi connectivity index (χ1n) is 10.5. The standard InChI is InChI=1S/C23H21F3N4O2S/c1-2-19(31)30(15-10-11-16-17(13-15)29-22(28-16)23(24,25)26)20(18-9-6-12-33-18)21(32)27-14-7-4-3-5-8-14/h1,6,9-14,20H,3-5,7-8H2,(H,27,32)(H,28,29). The molecule has 3 aromatic rings. The summed E-state index contributed by atoms with van der Waals surface area (Å²) in [4.78, 5) is 33.8. The zero-order chi connectivity index (χ0) is 23.6. The molecule has 0 spiro atoms. The minimum absolute atomic E-state index is 0.000862. The van der Waals surface area contributed by atoms with E-state index in [1.807, 2.05) is 5.92 Å². The number of H-pyrrole nitrogens is 1. The predicted octanol–water partition coefficient (Wildman–Crippen LogP) is 4.80. The largest absolute Gasteiger partial charge is 0.449 e. The van der Waals surface area contributed by atoms with Crippen LogP contribution in [-0.4, -0.2) is 27.8 Å². The molecule has 1 aliphatic rings. The molecular formula is C23H21F3N4O2S. The number of amides is 2. The van der Waals surface area contributed by atoms with E-state index in [1.54, 1.807) is 17.5 Å². The van der Waals surface area contributed by atoms with Gasteiger partial charge in [-0.15, -0.1) is 17.8 Å². The highest BCUT2D eigenvalue weighted by atomic mass is 32.1. The number of anilines is 1. The third-order valence-electron chi connectivity index (χ3n) is 5.63. The van der Waals surface area contributed by atoms with E-state index < -0.39 is 23.9 Å². The van der Waals surface area contributed by atoms with Crippen LogP contribution in [0.5, 0.6) is 0 Å². The lowest BCUT2D eigenvalue weighted by Crippen LogP contribution is -2.46. The van der Waals surface area contributed by atoms with Gasteiger partial charge in [0.2, 0.25) is 11.7 Å². The maximum atomic E-state index is 13.4. The van der Waals surface area contributed by atoms with Crippen molar-refractivity contribution in [2.75, 3.05) is 4.90 Å². The molecular weight excluding hydrogens is 453 g/mol. The van der Waals surface area contributed by atoms with Crippen LogP contribution in [0.3, 0.4) is 0 Å². The lowest BCUT2D eigenvalue weighted by molar-refractivity contribution is -0.144. The number of aromatic nitrogens is 2. The lowest BCUT2D eigenvalue weighted by Gasteiger charge is -2.31. The van der Waals surface area contributed by atoms with Crippen molar-refractivity contribution in [3.63, 3.8) is 0 Å². The zero-order valence-electron chi connectivity index (χ0n) is 17.5. The molecule has 4 rings (SSSR count). The predicted molar refractivity (Wildman–Crippen MR) is 119 cm³/mol. The fourth-order valence-corrected chi connectivity index (χ4v) is 4.90. The van der Waals surface area contributed by atoms with Crippen molar-refractivity contribution in [2.24, 2.45) is 0 Å². The number of benzene rings is 1. The number of hydrogen-bond donors (Lipinski definition) is 2. The van der Waals surface area contributed by atoms with Crippen LogP contribution in [0.2, 0.25) is 0 Å². The second kappa shape index (κ2) is 9.27. The molecule has 1 atom stereocenters. The van der Waals surface area contributed by atoms with Gasteiger partial charge < -0.3 is 10.3 Å². The molecule has 2 aromatic heterocycles. The average Bonchev–Trinajstić information content (AvgIpc) is 3.46. The van der Waals surface area contributed by atoms with Crippen LogP contribution < -0.4 is 10.2 Å². The van der Waals surface area contributed by atoms with Crippen molar-refractivity contribution < 1.29 is 22.8 Å². The molecule has 10 heteroatoms. The summed E-state index contributed by atoms with van der Waals surface area (Å²) < 4.78 is 39.2. The number of carbonyl (C=O) groups is 2. The minimum atomic E-state index is -4.65. The Morgan fingerprint density at radius 1 is 1.24 bits per heavy atom. The van der Waals surface area contributed by atoms with Gasteiger partial charge in [0.1, 0.15) is 0 Å². The number of thiophene rings is 1. The first kappa shape index (κ1) is 22.9. The number of hydrogen-bond acceptors (Lipinski definition) is 4. The van der Waals surface area contributed by atoms with Crippen molar-refractivity contribution in [3.05, 3.63) is 46.4 Å². The first-order valence-corrected chi connectivity index (χ1v) is 11.4. The maximum absolute atomic E-state index is 13.4. The zero-order valence-corrected chi connectivity index (χ0v) is 18.3. The Hall–Kier alpha value is -3.32. The summed E-state index contributed by atoms with van der Waals surface area (Å²) in [5.74, 6) is -0.253. The van der Waals surface area contributed by atoms with Gasteiger partial charge in [0.05, 0.1) is 11.0 Å². The molecule has 1 unspecified atom stereocenters. The van der Waals surface area contributed by atoms with E-state index in [-0.39, 0.29) is 28.7 Å². The van der Waals surface area contributed by atoms with Gasteiger partial charge in [0.15, 0.2) is 6.04 Å². The van der Waals surface area contributed by atoms with Gasteiger partial charge in [0.25, 0.3) is 0 Å². The van der Waals surface area contributed by atoms with Crippen molar-refractivity contribution >= 4 is 39.9 Å². The highest BCUT2D eigenvalue weighted by molar-refractivity contribution is 7.10. The quantitative estimate of drug-likeness (QED) is 0.522. The Bertz CT molecular complexity index is 1190. The Morgan fingerprint density at radius 3 is 2.64 bits per heavy atom. The molecule has 0 saturated heterocycles. The molecule has 2 heterocycles. The summed E-state index contributed by atoms with van der Waals surface area (Å²) in [5, 5.41) is 4.81. The van der Waals surface area contributed by atoms with Gasteiger partial charge in [-0.25, -0.2) is 4.98 Å². The molecule has 1 fully saturated rings. The van der Waals surface area contributed by atoms with E-state index in [2.05, 4.69) is 15.3 Å². The number of halogens is 3. The summed E-state index contributed by atoms with van der Waals surface area (Å²) in [6.45, 7) is 0. The van der Waals surface area contributed by atoms with E-state index in [0.717, 1.165) is 37.0 Å². The van der Waals surface area contributed by atoms with Crippen LogP contribution in [0.4, 0.5) is 18.9 Å². The second-order valence-corrected chi connectivity index (χ2v) is 8.84. The topological polar surface area (TPSA) is 78.1 Å². The van der Waals surface area contributed by atoms with Crippen LogP contribution >= 0.6 is 11.3 Å². The van der Waals surface area contributed by atoms with Gasteiger partial charge >= 0.3 is 12.1 Å². The van der Waals surface area contributed by atoms with E-state index in [0.29, 0.717) is 4.88 Å². The van der Waals surface area contributed by atoms with Crippen LogP contribution in [0.25, 0.3) is 11.0 Å². The fraction of sp³-hybridized carbons (Fsp3) is 0.348. The Kier molecular flexibility index (Phi) is 6.42. The number of nitrogens with one attached hydrogen (secondary N) is 2. The summed E-state index contributed by atoms with van der Waals surface area (Å²) in [7, 11) is 0. The van der Waals surface area contributed by atoms with Gasteiger partial charge in [-0.3, -0.25) is 14.5 Å². The van der Waals surface area contributed by atoms with Gasteiger partial charge in [0, 0.05) is 16.6 Å². The van der Waals surface area contributed by atoms with Gasteiger partial charge in [-0.1, -0.05) is 25.3 Å². The number of alkyl halides is 3. The molecule has 2 N–H and O–H groups in total. The molecule has 1 aliphatic carbocycles. The SMILES string of the molecule is C#CC(=O)N(c1ccc2nc(C(F)(F)F)[nH]c2c1)C(C(=O)NC1CCCCC1)c1cccs1. The number of terminal acetylenes is 1. The summed E-state index contributed by atoms with van der Waals surface area (Å²) in [6.07, 6.45) is 5.63. The van der Waals surface area contributed by atoms with E-state index in [1.165, 1.54) is 29.5 Å². The highest BCUT2D eigenvalue weighted by Gasteiger charge is 2.36. The van der Waals surface area contributed by atoms with E-state index in [9.17, 15) is 22.8 Å². The van der Waals surface area contributed by atoms with E-state index >= 15 is 0 Å². The first-order chi connectivity index (χ1) is 15.8. The Labute approximate surface area is 192 Å². The maximum Gasteiger partial charge on any atom is 0.449 e. The van der Waals surface area contributed by atoms with Crippen LogP contribution in [-0.2, 0) is 15.8 Å². The molecule has 0 bridgehead atoms. The monoisotopic (exact) mass is 474 g/mol. The minimum Gasteiger partial charge on any atom is -0.351 e. The lowest BCUT2D eigenvalue weighted by atomic mass is 9.95. The number of fused-ring (bicyclic) bond motifs is 1. The van der Waals surface area contributed by atoms with Crippen molar-refractivity contribution in [1.29, 1.82) is 0 Å². The average molecular weight is 475 g/mol. The highest BCUT2D eigenvalue weighted by Crippen LogP contribution is 2.34. The van der Waals surface area contributed by atoms with Crippen LogP contribution in [0, 0.1) is 12.3 Å². The molecule has 172 valence electrons. The Balaban J connectivity index is 1.75. The van der Waals surface area contributed by atoms with Crippen molar-refractivity contribution in [2.45, 2.75) is 50.4 Å². The Morgan fingerprint density at radius 2 is 2.00 bits per heavy atom. The number of aromatic amines is 1. The molecule has 0 aliphatic heterocycles. The number of carbonyl (C=O) groups excluding carboxylic acids is 2. The number of rotatable bonds is 5. The molecule has 2 amide bonds. The number of nitrogens with zero attached hydrogens (tertiary/aromatic N) is 2. The molecule has 1 saturated carbocycles. The van der Waals surface area contributed by atoms with Crippen molar-refractivity contribution in [3.8, 4) is 12.3 Å². The molecule has 1 aromatic carbocycles. The molecule has 0 radical (unpaired) electrons. The summed E-state index contributed by atoms with van der Waals surface area (Å²) in [5.41, 5.74) is 0.353. The van der Waals surface area contributed by atoms with Crippen molar-refractivity contribution in [1.82, 2.24) is 15.3 Å². The third-order valence-corrected chi connectivity index (χ3v) is 6.55. The fourth-order valence-electron chi connectivity index (χ4n) is 4.08. The van der Waals surface area contributed by atoms with Crippen LogP contribution in [0.1, 0.15) is 48.8 Å². The van der Waals surface area contributed by atoms with Crippen LogP contribution in [0.15, 0.2) is 35.7 Å². The number of imidazole rings is 1. The van der Waals surface area contributed by atoms with Gasteiger partial charge in [-0.2, -0.15) is 13.2 Å². The summed E-state index contributed by atoms with van der Waals surface area (Å²) >= 11 is 1.29. The third kappa shape index (κ3) is 4.88. The normalized spacial score (nSPS) is 15.7. The van der Waals surface area contributed by atoms with Gasteiger partial charge in [-0.05, 0) is 48.4 Å². The second-order valence-electron chi connectivity index (χ2n) is 7.87. The van der Waals surface area contributed by atoms with E-state index in [4.69, 9.17) is 6.42 Å².